The molecule has 3 aromatic rings. The van der Waals surface area contributed by atoms with E-state index in [1.165, 1.54) is 22.3 Å². The molecule has 0 N–H and O–H groups in total. The van der Waals surface area contributed by atoms with Crippen molar-refractivity contribution in [1.82, 2.24) is 0 Å². The van der Waals surface area contributed by atoms with Crippen LogP contribution in [0.4, 0.5) is 0 Å². The van der Waals surface area contributed by atoms with Crippen LogP contribution in [0.25, 0.3) is 22.3 Å². The molecule has 0 saturated heterocycles. The van der Waals surface area contributed by atoms with Gasteiger partial charge in [-0.05, 0) is 46.5 Å². The van der Waals surface area contributed by atoms with E-state index < -0.39 is 0 Å². The summed E-state index contributed by atoms with van der Waals surface area (Å²) in [7, 11) is 0. The molecule has 0 amide bonds. The lowest BCUT2D eigenvalue weighted by atomic mass is 9.95. The van der Waals surface area contributed by atoms with E-state index in [1.54, 1.807) is 0 Å². The Labute approximate surface area is 135 Å². The Morgan fingerprint density at radius 2 is 1.20 bits per heavy atom. The van der Waals surface area contributed by atoms with Gasteiger partial charge in [-0.15, -0.1) is 0 Å². The molecular weight excluding hydrogens is 376 g/mol. The average Bonchev–Trinajstić information content (AvgIpc) is 2.48. The summed E-state index contributed by atoms with van der Waals surface area (Å²) < 4.78 is 2.18. The number of halogens is 2. The zero-order valence-electron chi connectivity index (χ0n) is 10.7. The molecule has 3 rings (SSSR count). The molecule has 0 fully saturated rings. The lowest BCUT2D eigenvalue weighted by molar-refractivity contribution is 1.55. The molecule has 0 heterocycles. The number of benzene rings is 3. The summed E-state index contributed by atoms with van der Waals surface area (Å²) in [5.41, 5.74) is 4.91. The third-order valence-electron chi connectivity index (χ3n) is 3.20. The Balaban J connectivity index is 2.22. The molecule has 0 nitrogen and oxygen atoms in total. The Kier molecular flexibility index (Phi) is 4.04. The lowest BCUT2D eigenvalue weighted by Crippen LogP contribution is -1.85. The largest absolute Gasteiger partial charge is 0.0622 e. The first kappa shape index (κ1) is 13.6. The van der Waals surface area contributed by atoms with Gasteiger partial charge in [0.1, 0.15) is 0 Å². The fraction of sp³-hybridized carbons (Fsp3) is 0. The molecule has 0 aliphatic heterocycles. The molecule has 0 aromatic heterocycles. The second-order valence-corrected chi connectivity index (χ2v) is 6.40. The zero-order valence-corrected chi connectivity index (χ0v) is 13.9. The minimum Gasteiger partial charge on any atom is -0.0622 e. The highest BCUT2D eigenvalue weighted by molar-refractivity contribution is 9.10. The molecule has 20 heavy (non-hydrogen) atoms. The first-order valence-corrected chi connectivity index (χ1v) is 7.93. The standard InChI is InChI=1S/C18H12Br2/c19-15-8-4-7-14(11-15)18-12-16(20)9-10-17(18)13-5-2-1-3-6-13/h1-12H. The van der Waals surface area contributed by atoms with Gasteiger partial charge in [-0.1, -0.05) is 80.4 Å². The van der Waals surface area contributed by atoms with Crippen LogP contribution in [-0.2, 0) is 0 Å². The van der Waals surface area contributed by atoms with Crippen molar-refractivity contribution >= 4 is 31.9 Å². The van der Waals surface area contributed by atoms with Crippen LogP contribution in [0.1, 0.15) is 0 Å². The minimum absolute atomic E-state index is 1.09. The van der Waals surface area contributed by atoms with Gasteiger partial charge in [0.15, 0.2) is 0 Å². The van der Waals surface area contributed by atoms with Crippen LogP contribution in [0.5, 0.6) is 0 Å². The van der Waals surface area contributed by atoms with Crippen molar-refractivity contribution in [1.29, 1.82) is 0 Å². The van der Waals surface area contributed by atoms with E-state index in [-0.39, 0.29) is 0 Å². The smallest absolute Gasteiger partial charge is 0.0181 e. The Morgan fingerprint density at radius 3 is 1.95 bits per heavy atom. The highest BCUT2D eigenvalue weighted by atomic mass is 79.9. The van der Waals surface area contributed by atoms with E-state index in [1.807, 2.05) is 12.1 Å². The number of rotatable bonds is 2. The van der Waals surface area contributed by atoms with Crippen molar-refractivity contribution in [2.75, 3.05) is 0 Å². The fourth-order valence-corrected chi connectivity index (χ4v) is 3.04. The van der Waals surface area contributed by atoms with E-state index in [4.69, 9.17) is 0 Å². The molecule has 0 atom stereocenters. The number of hydrogen-bond acceptors (Lipinski definition) is 0. The van der Waals surface area contributed by atoms with Gasteiger partial charge >= 0.3 is 0 Å². The normalized spacial score (nSPS) is 10.5. The van der Waals surface area contributed by atoms with Crippen molar-refractivity contribution < 1.29 is 0 Å². The van der Waals surface area contributed by atoms with Crippen LogP contribution in [0, 0.1) is 0 Å². The van der Waals surface area contributed by atoms with Gasteiger partial charge < -0.3 is 0 Å². The Hall–Kier alpha value is -1.38. The van der Waals surface area contributed by atoms with Gasteiger partial charge in [-0.2, -0.15) is 0 Å². The van der Waals surface area contributed by atoms with Crippen molar-refractivity contribution in [3.8, 4) is 22.3 Å². The van der Waals surface area contributed by atoms with Crippen molar-refractivity contribution in [2.24, 2.45) is 0 Å². The predicted octanol–water partition coefficient (Wildman–Crippen LogP) is 6.55. The van der Waals surface area contributed by atoms with Crippen LogP contribution >= 0.6 is 31.9 Å². The molecule has 0 radical (unpaired) electrons. The van der Waals surface area contributed by atoms with Gasteiger partial charge in [-0.25, -0.2) is 0 Å². The number of hydrogen-bond donors (Lipinski definition) is 0. The first-order valence-electron chi connectivity index (χ1n) is 6.35. The summed E-state index contributed by atoms with van der Waals surface area (Å²) in [6.45, 7) is 0. The summed E-state index contributed by atoms with van der Waals surface area (Å²) in [6.07, 6.45) is 0. The molecule has 0 aliphatic rings. The van der Waals surface area contributed by atoms with Gasteiger partial charge in [-0.3, -0.25) is 0 Å². The molecule has 0 saturated carbocycles. The first-order chi connectivity index (χ1) is 9.74. The average molecular weight is 388 g/mol. The summed E-state index contributed by atoms with van der Waals surface area (Å²) >= 11 is 7.12. The second-order valence-electron chi connectivity index (χ2n) is 4.57. The molecule has 0 aliphatic carbocycles. The summed E-state index contributed by atoms with van der Waals surface area (Å²) in [5, 5.41) is 0. The topological polar surface area (TPSA) is 0 Å². The lowest BCUT2D eigenvalue weighted by Gasteiger charge is -2.11. The summed E-state index contributed by atoms with van der Waals surface area (Å²) in [5.74, 6) is 0. The molecule has 2 heteroatoms. The van der Waals surface area contributed by atoms with E-state index in [0.717, 1.165) is 8.95 Å². The molecule has 0 unspecified atom stereocenters. The SMILES string of the molecule is Brc1cccc(-c2cc(Br)ccc2-c2ccccc2)c1. The quantitative estimate of drug-likeness (QED) is 0.467. The monoisotopic (exact) mass is 386 g/mol. The Bertz CT molecular complexity index is 733. The second kappa shape index (κ2) is 5.94. The van der Waals surface area contributed by atoms with E-state index in [0.29, 0.717) is 0 Å². The van der Waals surface area contributed by atoms with Gasteiger partial charge in [0.2, 0.25) is 0 Å². The summed E-state index contributed by atoms with van der Waals surface area (Å²) in [6, 6.07) is 25.3. The third kappa shape index (κ3) is 2.87. The van der Waals surface area contributed by atoms with E-state index >= 15 is 0 Å². The maximum absolute atomic E-state index is 3.57. The van der Waals surface area contributed by atoms with E-state index in [2.05, 4.69) is 92.5 Å². The molecule has 0 bridgehead atoms. The third-order valence-corrected chi connectivity index (χ3v) is 4.19. The van der Waals surface area contributed by atoms with Gasteiger partial charge in [0, 0.05) is 8.95 Å². The molecule has 0 spiro atoms. The predicted molar refractivity (Wildman–Crippen MR) is 92.7 cm³/mol. The van der Waals surface area contributed by atoms with Crippen molar-refractivity contribution in [3.05, 3.63) is 81.7 Å². The molecule has 3 aromatic carbocycles. The molecular formula is C18H12Br2. The van der Waals surface area contributed by atoms with Crippen LogP contribution < -0.4 is 0 Å². The van der Waals surface area contributed by atoms with Gasteiger partial charge in [0.05, 0.1) is 0 Å². The maximum Gasteiger partial charge on any atom is 0.0181 e. The van der Waals surface area contributed by atoms with Crippen molar-refractivity contribution in [2.45, 2.75) is 0 Å². The Morgan fingerprint density at radius 1 is 0.500 bits per heavy atom. The highest BCUT2D eigenvalue weighted by Crippen LogP contribution is 2.35. The van der Waals surface area contributed by atoms with Crippen LogP contribution in [0.3, 0.4) is 0 Å². The van der Waals surface area contributed by atoms with Crippen LogP contribution in [0.15, 0.2) is 81.7 Å². The fourth-order valence-electron chi connectivity index (χ4n) is 2.28. The van der Waals surface area contributed by atoms with Crippen molar-refractivity contribution in [3.63, 3.8) is 0 Å². The van der Waals surface area contributed by atoms with Crippen LogP contribution in [0.2, 0.25) is 0 Å². The minimum atomic E-state index is 1.09. The maximum atomic E-state index is 3.57. The molecule has 98 valence electrons. The summed E-state index contributed by atoms with van der Waals surface area (Å²) in [4.78, 5) is 0. The highest BCUT2D eigenvalue weighted by Gasteiger charge is 2.08. The van der Waals surface area contributed by atoms with E-state index in [9.17, 15) is 0 Å². The van der Waals surface area contributed by atoms with Crippen LogP contribution in [-0.4, -0.2) is 0 Å². The van der Waals surface area contributed by atoms with Gasteiger partial charge in [0.25, 0.3) is 0 Å². The zero-order chi connectivity index (χ0) is 13.9.